The minimum absolute atomic E-state index is 0.00908. The fraction of sp³-hybridized carbons (Fsp3) is 1.00. The van der Waals surface area contributed by atoms with Gasteiger partial charge in [-0.05, 0) is 40.5 Å². The number of hydrogen-bond donors (Lipinski definition) is 1. The molecule has 1 rings (SSSR count). The van der Waals surface area contributed by atoms with Gasteiger partial charge >= 0.3 is 0 Å². The van der Waals surface area contributed by atoms with Gasteiger partial charge in [0.15, 0.2) is 6.29 Å². The lowest BCUT2D eigenvalue weighted by molar-refractivity contribution is -0.139. The molecule has 0 bridgehead atoms. The van der Waals surface area contributed by atoms with Crippen LogP contribution in [-0.4, -0.2) is 44.3 Å². The highest BCUT2D eigenvalue weighted by Gasteiger charge is 2.28. The van der Waals surface area contributed by atoms with Gasteiger partial charge in [-0.25, -0.2) is 0 Å². The summed E-state index contributed by atoms with van der Waals surface area (Å²) in [4.78, 5) is 0. The average Bonchev–Trinajstić information content (AvgIpc) is 2.28. The fourth-order valence-electron chi connectivity index (χ4n) is 2.40. The zero-order chi connectivity index (χ0) is 13.4. The molecule has 4 nitrogen and oxygen atoms in total. The highest BCUT2D eigenvalue weighted by molar-refractivity contribution is 4.82. The Morgan fingerprint density at radius 1 is 1.28 bits per heavy atom. The Morgan fingerprint density at radius 3 is 2.50 bits per heavy atom. The molecule has 0 radical (unpaired) electrons. The highest BCUT2D eigenvalue weighted by atomic mass is 16.7. The fourth-order valence-corrected chi connectivity index (χ4v) is 2.40. The van der Waals surface area contributed by atoms with Gasteiger partial charge < -0.3 is 19.5 Å². The third kappa shape index (κ3) is 6.14. The van der Waals surface area contributed by atoms with E-state index in [1.54, 1.807) is 0 Å². The Hall–Kier alpha value is -0.160. The summed E-state index contributed by atoms with van der Waals surface area (Å²) in [5.41, 5.74) is 0.00908. The molecule has 0 spiro atoms. The van der Waals surface area contributed by atoms with Crippen molar-refractivity contribution in [1.29, 1.82) is 0 Å². The van der Waals surface area contributed by atoms with Gasteiger partial charge in [-0.1, -0.05) is 0 Å². The van der Waals surface area contributed by atoms with E-state index in [1.165, 1.54) is 0 Å². The summed E-state index contributed by atoms with van der Waals surface area (Å²) in [7, 11) is 0. The summed E-state index contributed by atoms with van der Waals surface area (Å²) in [5.74, 6) is 0. The molecule has 1 saturated heterocycles. The molecule has 1 aliphatic heterocycles. The molecule has 0 aliphatic carbocycles. The molecule has 0 amide bonds. The van der Waals surface area contributed by atoms with Crippen LogP contribution in [0.5, 0.6) is 0 Å². The predicted molar refractivity (Wildman–Crippen MR) is 72.7 cm³/mol. The molecule has 0 aromatic rings. The first-order chi connectivity index (χ1) is 8.57. The number of rotatable bonds is 8. The number of ether oxygens (including phenoxy) is 3. The first kappa shape index (κ1) is 15.9. The maximum atomic E-state index is 5.71. The molecule has 108 valence electrons. The van der Waals surface area contributed by atoms with Crippen LogP contribution in [-0.2, 0) is 14.2 Å². The molecule has 0 saturated carbocycles. The summed E-state index contributed by atoms with van der Waals surface area (Å²) in [6.07, 6.45) is 3.00. The average molecular weight is 259 g/mol. The minimum Gasteiger partial charge on any atom is -0.375 e. The summed E-state index contributed by atoms with van der Waals surface area (Å²) in [5, 5.41) is 3.58. The first-order valence-corrected chi connectivity index (χ1v) is 7.18. The Balaban J connectivity index is 2.19. The van der Waals surface area contributed by atoms with Crippen LogP contribution in [0, 0.1) is 0 Å². The Morgan fingerprint density at radius 2 is 1.94 bits per heavy atom. The van der Waals surface area contributed by atoms with E-state index in [-0.39, 0.29) is 11.9 Å². The summed E-state index contributed by atoms with van der Waals surface area (Å²) < 4.78 is 16.8. The van der Waals surface area contributed by atoms with Crippen LogP contribution >= 0.6 is 0 Å². The van der Waals surface area contributed by atoms with Gasteiger partial charge in [0.2, 0.25) is 0 Å². The Bertz CT molecular complexity index is 215. The van der Waals surface area contributed by atoms with Crippen molar-refractivity contribution in [3.8, 4) is 0 Å². The van der Waals surface area contributed by atoms with Gasteiger partial charge in [0.05, 0.1) is 5.60 Å². The molecule has 1 atom stereocenters. The van der Waals surface area contributed by atoms with Gasteiger partial charge in [0.25, 0.3) is 0 Å². The Labute approximate surface area is 111 Å². The summed E-state index contributed by atoms with van der Waals surface area (Å²) in [6, 6.07) is 0.553. The largest absolute Gasteiger partial charge is 0.375 e. The van der Waals surface area contributed by atoms with Gasteiger partial charge in [-0.15, -0.1) is 0 Å². The van der Waals surface area contributed by atoms with Crippen LogP contribution in [0.3, 0.4) is 0 Å². The molecule has 18 heavy (non-hydrogen) atoms. The number of nitrogens with one attached hydrogen (secondary N) is 1. The van der Waals surface area contributed by atoms with Crippen LogP contribution in [0.2, 0.25) is 0 Å². The van der Waals surface area contributed by atoms with Crippen molar-refractivity contribution in [2.24, 2.45) is 0 Å². The van der Waals surface area contributed by atoms with E-state index >= 15 is 0 Å². The third-order valence-electron chi connectivity index (χ3n) is 3.22. The summed E-state index contributed by atoms with van der Waals surface area (Å²) in [6.45, 7) is 11.5. The quantitative estimate of drug-likeness (QED) is 0.679. The predicted octanol–water partition coefficient (Wildman–Crippen LogP) is 2.32. The van der Waals surface area contributed by atoms with Crippen LogP contribution in [0.1, 0.15) is 47.0 Å². The van der Waals surface area contributed by atoms with E-state index in [2.05, 4.69) is 19.2 Å². The Kier molecular flexibility index (Phi) is 7.15. The maximum Gasteiger partial charge on any atom is 0.158 e. The van der Waals surface area contributed by atoms with Gasteiger partial charge in [0, 0.05) is 38.8 Å². The molecule has 0 aromatic heterocycles. The van der Waals surface area contributed by atoms with Crippen LogP contribution in [0.4, 0.5) is 0 Å². The number of hydrogen-bond acceptors (Lipinski definition) is 4. The van der Waals surface area contributed by atoms with Gasteiger partial charge in [-0.3, -0.25) is 0 Å². The second-order valence-electron chi connectivity index (χ2n) is 5.38. The lowest BCUT2D eigenvalue weighted by Crippen LogP contribution is -2.44. The second kappa shape index (κ2) is 8.10. The van der Waals surface area contributed by atoms with E-state index in [9.17, 15) is 0 Å². The van der Waals surface area contributed by atoms with Crippen molar-refractivity contribution < 1.29 is 14.2 Å². The van der Waals surface area contributed by atoms with Crippen molar-refractivity contribution in [2.45, 2.75) is 64.9 Å². The lowest BCUT2D eigenvalue weighted by atomic mass is 9.94. The van der Waals surface area contributed by atoms with Crippen molar-refractivity contribution >= 4 is 0 Å². The topological polar surface area (TPSA) is 39.7 Å². The molecule has 4 heteroatoms. The highest BCUT2D eigenvalue weighted by Crippen LogP contribution is 2.23. The molecule has 0 aromatic carbocycles. The van der Waals surface area contributed by atoms with Crippen molar-refractivity contribution in [2.75, 3.05) is 26.4 Å². The van der Waals surface area contributed by atoms with E-state index < -0.39 is 0 Å². The minimum atomic E-state index is -0.0691. The zero-order valence-corrected chi connectivity index (χ0v) is 12.3. The van der Waals surface area contributed by atoms with E-state index in [1.807, 2.05) is 13.8 Å². The lowest BCUT2D eigenvalue weighted by Gasteiger charge is -2.36. The molecule has 1 heterocycles. The first-order valence-electron chi connectivity index (χ1n) is 7.18. The van der Waals surface area contributed by atoms with E-state index in [0.717, 1.165) is 32.4 Å². The smallest absolute Gasteiger partial charge is 0.158 e. The van der Waals surface area contributed by atoms with E-state index in [4.69, 9.17) is 14.2 Å². The summed E-state index contributed by atoms with van der Waals surface area (Å²) >= 11 is 0. The van der Waals surface area contributed by atoms with Gasteiger partial charge in [-0.2, -0.15) is 0 Å². The SMILES string of the molecule is CCOC(CCNC1CCOC(C)(C)C1)OCC. The molecule has 1 fully saturated rings. The maximum absolute atomic E-state index is 5.71. The van der Waals surface area contributed by atoms with Crippen LogP contribution in [0.25, 0.3) is 0 Å². The van der Waals surface area contributed by atoms with Gasteiger partial charge in [0.1, 0.15) is 0 Å². The van der Waals surface area contributed by atoms with Crippen LogP contribution in [0.15, 0.2) is 0 Å². The molecule has 1 aliphatic rings. The normalized spacial score (nSPS) is 23.5. The molecular weight excluding hydrogens is 230 g/mol. The molecular formula is C14H29NO3. The second-order valence-corrected chi connectivity index (χ2v) is 5.38. The standard InChI is InChI=1S/C14H29NO3/c1-5-16-13(17-6-2)7-9-15-12-8-10-18-14(3,4)11-12/h12-13,15H,5-11H2,1-4H3. The van der Waals surface area contributed by atoms with Crippen LogP contribution < -0.4 is 5.32 Å². The van der Waals surface area contributed by atoms with Crippen molar-refractivity contribution in [1.82, 2.24) is 5.32 Å². The van der Waals surface area contributed by atoms with Crippen molar-refractivity contribution in [3.05, 3.63) is 0 Å². The zero-order valence-electron chi connectivity index (χ0n) is 12.3. The van der Waals surface area contributed by atoms with Crippen molar-refractivity contribution in [3.63, 3.8) is 0 Å². The third-order valence-corrected chi connectivity index (χ3v) is 3.22. The molecule has 1 N–H and O–H groups in total. The van der Waals surface area contributed by atoms with E-state index in [0.29, 0.717) is 19.3 Å². The molecule has 1 unspecified atom stereocenters. The monoisotopic (exact) mass is 259 g/mol.